The molecule has 5 nitrogen and oxygen atoms in total. The Bertz CT molecular complexity index is 642. The van der Waals surface area contributed by atoms with Crippen LogP contribution in [0, 0.1) is 0 Å². The summed E-state index contributed by atoms with van der Waals surface area (Å²) in [4.78, 5) is 11.3. The first-order valence-electron chi connectivity index (χ1n) is 7.66. The van der Waals surface area contributed by atoms with Gasteiger partial charge in [-0.25, -0.2) is 0 Å². The molecule has 0 aliphatic carbocycles. The summed E-state index contributed by atoms with van der Waals surface area (Å²) in [5, 5.41) is 0. The maximum absolute atomic E-state index is 11.3. The van der Waals surface area contributed by atoms with Gasteiger partial charge in [0, 0.05) is 6.42 Å². The van der Waals surface area contributed by atoms with Crippen molar-refractivity contribution in [3.05, 3.63) is 53.6 Å². The predicted molar refractivity (Wildman–Crippen MR) is 90.7 cm³/mol. The fourth-order valence-electron chi connectivity index (χ4n) is 2.30. The number of esters is 1. The number of methoxy groups -OCH3 is 3. The Morgan fingerprint density at radius 3 is 2.08 bits per heavy atom. The first-order chi connectivity index (χ1) is 11.7. The van der Waals surface area contributed by atoms with Crippen LogP contribution in [0.3, 0.4) is 0 Å². The molecule has 0 fully saturated rings. The van der Waals surface area contributed by atoms with Crippen LogP contribution in [0.15, 0.2) is 42.5 Å². The zero-order valence-corrected chi connectivity index (χ0v) is 14.2. The maximum Gasteiger partial charge on any atom is 0.305 e. The lowest BCUT2D eigenvalue weighted by atomic mass is 10.1. The minimum atomic E-state index is -0.252. The lowest BCUT2D eigenvalue weighted by Gasteiger charge is -2.16. The zero-order chi connectivity index (χ0) is 17.4. The average molecular weight is 330 g/mol. The van der Waals surface area contributed by atoms with E-state index in [2.05, 4.69) is 4.74 Å². The van der Waals surface area contributed by atoms with Gasteiger partial charge in [0.2, 0.25) is 5.75 Å². The highest BCUT2D eigenvalue weighted by molar-refractivity contribution is 5.69. The Kier molecular flexibility index (Phi) is 6.49. The summed E-state index contributed by atoms with van der Waals surface area (Å²) in [6.07, 6.45) is 0.839. The number of carbonyl (C=O) groups is 1. The van der Waals surface area contributed by atoms with E-state index < -0.39 is 0 Å². The smallest absolute Gasteiger partial charge is 0.305 e. The monoisotopic (exact) mass is 330 g/mol. The van der Waals surface area contributed by atoms with Crippen LogP contribution in [-0.2, 0) is 22.6 Å². The Morgan fingerprint density at radius 2 is 1.54 bits per heavy atom. The summed E-state index contributed by atoms with van der Waals surface area (Å²) in [5.41, 5.74) is 1.97. The molecule has 0 spiro atoms. The summed E-state index contributed by atoms with van der Waals surface area (Å²) in [6.45, 7) is 0.412. The Balaban J connectivity index is 2.18. The molecule has 5 heteroatoms. The number of hydrogen-bond donors (Lipinski definition) is 0. The minimum Gasteiger partial charge on any atom is -0.493 e. The average Bonchev–Trinajstić information content (AvgIpc) is 2.64. The van der Waals surface area contributed by atoms with E-state index in [-0.39, 0.29) is 5.97 Å². The van der Waals surface area contributed by atoms with E-state index in [1.165, 1.54) is 7.11 Å². The van der Waals surface area contributed by atoms with Gasteiger partial charge in [0.15, 0.2) is 11.5 Å². The van der Waals surface area contributed by atoms with Crippen molar-refractivity contribution in [1.29, 1.82) is 0 Å². The molecule has 24 heavy (non-hydrogen) atoms. The molecule has 0 aliphatic heterocycles. The largest absolute Gasteiger partial charge is 0.493 e. The van der Waals surface area contributed by atoms with Crippen LogP contribution in [-0.4, -0.2) is 27.3 Å². The molecule has 0 aliphatic rings. The van der Waals surface area contributed by atoms with Crippen LogP contribution in [0.4, 0.5) is 0 Å². The van der Waals surface area contributed by atoms with Gasteiger partial charge in [0.1, 0.15) is 6.61 Å². The van der Waals surface area contributed by atoms with Crippen molar-refractivity contribution in [2.45, 2.75) is 19.4 Å². The standard InChI is InChI=1S/C19H22O5/c1-21-16-11-15(9-10-18(20)23-3)12-17(22-2)19(16)24-13-14-7-5-4-6-8-14/h4-8,11-12H,9-10,13H2,1-3H3. The number of benzene rings is 2. The molecule has 0 saturated heterocycles. The highest BCUT2D eigenvalue weighted by atomic mass is 16.5. The molecular formula is C19H22O5. The molecule has 2 rings (SSSR count). The Hall–Kier alpha value is -2.69. The van der Waals surface area contributed by atoms with Crippen LogP contribution in [0.1, 0.15) is 17.5 Å². The van der Waals surface area contributed by atoms with Crippen molar-refractivity contribution in [2.75, 3.05) is 21.3 Å². The van der Waals surface area contributed by atoms with Gasteiger partial charge in [0.05, 0.1) is 21.3 Å². The summed E-state index contributed by atoms with van der Waals surface area (Å²) >= 11 is 0. The zero-order valence-electron chi connectivity index (χ0n) is 14.2. The molecule has 0 bridgehead atoms. The van der Waals surface area contributed by atoms with Gasteiger partial charge in [-0.2, -0.15) is 0 Å². The van der Waals surface area contributed by atoms with E-state index in [4.69, 9.17) is 14.2 Å². The van der Waals surface area contributed by atoms with E-state index >= 15 is 0 Å². The molecular weight excluding hydrogens is 308 g/mol. The minimum absolute atomic E-state index is 0.252. The SMILES string of the molecule is COC(=O)CCc1cc(OC)c(OCc2ccccc2)c(OC)c1. The molecule has 0 atom stereocenters. The van der Waals surface area contributed by atoms with E-state index in [9.17, 15) is 4.79 Å². The number of hydrogen-bond acceptors (Lipinski definition) is 5. The molecule has 128 valence electrons. The highest BCUT2D eigenvalue weighted by Gasteiger charge is 2.15. The lowest BCUT2D eigenvalue weighted by Crippen LogP contribution is -2.04. The van der Waals surface area contributed by atoms with E-state index in [1.54, 1.807) is 14.2 Å². The van der Waals surface area contributed by atoms with Crippen LogP contribution >= 0.6 is 0 Å². The summed E-state index contributed by atoms with van der Waals surface area (Å²) in [5.74, 6) is 1.44. The van der Waals surface area contributed by atoms with Crippen molar-refractivity contribution < 1.29 is 23.7 Å². The quantitative estimate of drug-likeness (QED) is 0.695. The van der Waals surface area contributed by atoms with E-state index in [0.29, 0.717) is 36.7 Å². The van der Waals surface area contributed by atoms with Gasteiger partial charge in [-0.1, -0.05) is 30.3 Å². The van der Waals surface area contributed by atoms with Crippen molar-refractivity contribution >= 4 is 5.97 Å². The molecule has 0 radical (unpaired) electrons. The Labute approximate surface area is 142 Å². The van der Waals surface area contributed by atoms with Gasteiger partial charge in [0.25, 0.3) is 0 Å². The summed E-state index contributed by atoms with van der Waals surface area (Å²) < 4.78 is 21.4. The fraction of sp³-hybridized carbons (Fsp3) is 0.316. The molecule has 2 aromatic rings. The van der Waals surface area contributed by atoms with Gasteiger partial charge >= 0.3 is 5.97 Å². The second-order valence-corrected chi connectivity index (χ2v) is 5.18. The molecule has 0 heterocycles. The Morgan fingerprint density at radius 1 is 0.917 bits per heavy atom. The lowest BCUT2D eigenvalue weighted by molar-refractivity contribution is -0.140. The molecule has 0 saturated carbocycles. The topological polar surface area (TPSA) is 54.0 Å². The third-order valence-corrected chi connectivity index (χ3v) is 3.59. The van der Waals surface area contributed by atoms with Crippen LogP contribution in [0.2, 0.25) is 0 Å². The third-order valence-electron chi connectivity index (χ3n) is 3.59. The first-order valence-corrected chi connectivity index (χ1v) is 7.66. The summed E-state index contributed by atoms with van der Waals surface area (Å²) in [7, 11) is 4.53. The molecule has 0 unspecified atom stereocenters. The van der Waals surface area contributed by atoms with Gasteiger partial charge in [-0.05, 0) is 29.7 Å². The highest BCUT2D eigenvalue weighted by Crippen LogP contribution is 2.39. The molecule has 0 aromatic heterocycles. The number of rotatable bonds is 8. The van der Waals surface area contributed by atoms with Gasteiger partial charge in [-0.15, -0.1) is 0 Å². The van der Waals surface area contributed by atoms with Crippen LogP contribution in [0.25, 0.3) is 0 Å². The fourth-order valence-corrected chi connectivity index (χ4v) is 2.30. The number of aryl methyl sites for hydroxylation is 1. The van der Waals surface area contributed by atoms with Crippen molar-refractivity contribution in [3.63, 3.8) is 0 Å². The second-order valence-electron chi connectivity index (χ2n) is 5.18. The maximum atomic E-state index is 11.3. The summed E-state index contributed by atoms with van der Waals surface area (Å²) in [6, 6.07) is 13.6. The number of ether oxygens (including phenoxy) is 4. The molecule has 2 aromatic carbocycles. The van der Waals surface area contributed by atoms with Crippen molar-refractivity contribution in [3.8, 4) is 17.2 Å². The van der Waals surface area contributed by atoms with Gasteiger partial charge < -0.3 is 18.9 Å². The first kappa shape index (κ1) is 17.7. The van der Waals surface area contributed by atoms with Crippen molar-refractivity contribution in [2.24, 2.45) is 0 Å². The number of carbonyl (C=O) groups excluding carboxylic acids is 1. The predicted octanol–water partition coefficient (Wildman–Crippen LogP) is 3.39. The van der Waals surface area contributed by atoms with Crippen molar-refractivity contribution in [1.82, 2.24) is 0 Å². The molecule has 0 amide bonds. The van der Waals surface area contributed by atoms with Gasteiger partial charge in [-0.3, -0.25) is 4.79 Å². The third kappa shape index (κ3) is 4.65. The van der Waals surface area contributed by atoms with E-state index in [1.807, 2.05) is 42.5 Å². The van der Waals surface area contributed by atoms with E-state index in [0.717, 1.165) is 11.1 Å². The molecule has 0 N–H and O–H groups in total. The van der Waals surface area contributed by atoms with Crippen LogP contribution < -0.4 is 14.2 Å². The van der Waals surface area contributed by atoms with Crippen LogP contribution in [0.5, 0.6) is 17.2 Å². The second kappa shape index (κ2) is 8.82. The normalized spacial score (nSPS) is 10.1.